The number of allylic oxidation sites excluding steroid dienone is 3. The summed E-state index contributed by atoms with van der Waals surface area (Å²) in [6.07, 6.45) is 12.8. The Morgan fingerprint density at radius 2 is 1.26 bits per heavy atom. The Morgan fingerprint density at radius 1 is 0.682 bits per heavy atom. The summed E-state index contributed by atoms with van der Waals surface area (Å²) < 4.78 is 27.9. The van der Waals surface area contributed by atoms with Crippen LogP contribution in [0.25, 0.3) is 0 Å². The molecule has 66 heavy (non-hydrogen) atoms. The molecule has 0 aliphatic carbocycles. The fraction of sp³-hybridized carbons (Fsp3) is 0.808. The van der Waals surface area contributed by atoms with E-state index >= 15 is 0 Å². The van der Waals surface area contributed by atoms with Crippen molar-refractivity contribution in [2.24, 2.45) is 41.4 Å². The number of hydrogen-bond donors (Lipinski definition) is 6. The molecule has 0 radical (unpaired) electrons. The summed E-state index contributed by atoms with van der Waals surface area (Å²) >= 11 is 0. The maximum atomic E-state index is 13.3. The molecular formula is C52H95NO13. The topological polar surface area (TPSA) is 205 Å². The molecule has 1 unspecified atom stereocenters. The van der Waals surface area contributed by atoms with Crippen molar-refractivity contribution in [3.05, 3.63) is 48.1 Å². The number of ether oxygens (including phenoxy) is 5. The molecule has 14 heteroatoms. The van der Waals surface area contributed by atoms with E-state index in [1.165, 1.54) is 13.2 Å². The average Bonchev–Trinajstić information content (AvgIpc) is 3.29. The summed E-state index contributed by atoms with van der Waals surface area (Å²) in [7, 11) is 8.45. The second-order valence-electron chi connectivity index (χ2n) is 19.2. The van der Waals surface area contributed by atoms with Gasteiger partial charge in [-0.2, -0.15) is 0 Å². The maximum Gasteiger partial charge on any atom is 0.330 e. The van der Waals surface area contributed by atoms with E-state index in [0.717, 1.165) is 18.4 Å². The monoisotopic (exact) mass is 942 g/mol. The fourth-order valence-corrected chi connectivity index (χ4v) is 8.24. The Labute approximate surface area is 399 Å². The Morgan fingerprint density at radius 3 is 1.80 bits per heavy atom. The molecule has 0 saturated carbocycles. The number of aliphatic hydroxyl groups excluding tert-OH is 6. The highest BCUT2D eigenvalue weighted by Crippen LogP contribution is 2.29. The lowest BCUT2D eigenvalue weighted by Crippen LogP contribution is -2.44. The Hall–Kier alpha value is -2.50. The van der Waals surface area contributed by atoms with Gasteiger partial charge in [-0.05, 0) is 109 Å². The lowest BCUT2D eigenvalue weighted by Gasteiger charge is -2.33. The molecule has 0 spiro atoms. The van der Waals surface area contributed by atoms with Gasteiger partial charge in [0.05, 0.1) is 55.9 Å². The van der Waals surface area contributed by atoms with Gasteiger partial charge in [0.25, 0.3) is 0 Å². The van der Waals surface area contributed by atoms with Gasteiger partial charge in [-0.25, -0.2) is 4.79 Å². The third kappa shape index (κ3) is 24.7. The van der Waals surface area contributed by atoms with Gasteiger partial charge in [-0.3, -0.25) is 9.69 Å². The molecule has 0 amide bonds. The minimum absolute atomic E-state index is 0.0152. The van der Waals surface area contributed by atoms with Crippen LogP contribution < -0.4 is 0 Å². The minimum Gasteiger partial charge on any atom is -0.463 e. The van der Waals surface area contributed by atoms with Crippen LogP contribution in [0.1, 0.15) is 120 Å². The molecule has 0 aliphatic rings. The predicted molar refractivity (Wildman–Crippen MR) is 261 cm³/mol. The summed E-state index contributed by atoms with van der Waals surface area (Å²) in [5, 5.41) is 64.0. The van der Waals surface area contributed by atoms with Gasteiger partial charge in [0.15, 0.2) is 0 Å². The Kier molecular flexibility index (Phi) is 34.2. The molecule has 386 valence electrons. The predicted octanol–water partition coefficient (Wildman–Crippen LogP) is 6.44. The number of esters is 2. The second kappa shape index (κ2) is 35.6. The van der Waals surface area contributed by atoms with E-state index in [4.69, 9.17) is 23.7 Å². The molecule has 0 heterocycles. The quantitative estimate of drug-likeness (QED) is 0.0172. The van der Waals surface area contributed by atoms with Crippen LogP contribution >= 0.6 is 0 Å². The van der Waals surface area contributed by atoms with Gasteiger partial charge in [0.2, 0.25) is 0 Å². The number of aliphatic hydroxyl groups is 6. The SMILES string of the molecule is CCOC(=O)/C=C/C=C/C[C@@H](OC(=O)C(COC)N(C)C)[C@H](C)[C@H](O)[C@H](C)CC[C@H](OC)/C(C)=C/C[C@@H](C)C[C@H](/C=C/C[C@H](O)[C@@H](C)[C@@H](O)[C@@H](C)CC[C@@H](O)[C@H](C)[C@H](O)[C@H](C)CCO)OC. The number of likely N-dealkylation sites (N-methyl/N-ethyl adjacent to an activating group) is 1. The van der Waals surface area contributed by atoms with E-state index in [0.29, 0.717) is 44.9 Å². The van der Waals surface area contributed by atoms with Crippen LogP contribution in [0.5, 0.6) is 0 Å². The number of nitrogens with zero attached hydrogens (tertiary/aromatic N) is 1. The van der Waals surface area contributed by atoms with E-state index in [1.807, 2.05) is 46.8 Å². The molecule has 0 aromatic carbocycles. The van der Waals surface area contributed by atoms with Crippen molar-refractivity contribution in [1.82, 2.24) is 4.90 Å². The molecule has 0 saturated heterocycles. The van der Waals surface area contributed by atoms with Crippen LogP contribution in [-0.2, 0) is 33.3 Å². The Bertz CT molecular complexity index is 1400. The van der Waals surface area contributed by atoms with Crippen LogP contribution in [0.4, 0.5) is 0 Å². The third-order valence-electron chi connectivity index (χ3n) is 13.5. The van der Waals surface area contributed by atoms with Crippen molar-refractivity contribution in [3.8, 4) is 0 Å². The average molecular weight is 942 g/mol. The zero-order chi connectivity index (χ0) is 50.5. The van der Waals surface area contributed by atoms with Crippen LogP contribution in [0, 0.1) is 41.4 Å². The van der Waals surface area contributed by atoms with Gasteiger partial charge in [-0.15, -0.1) is 0 Å². The number of carbonyl (C=O) groups is 2. The van der Waals surface area contributed by atoms with E-state index in [-0.39, 0.29) is 61.6 Å². The number of rotatable bonds is 37. The van der Waals surface area contributed by atoms with E-state index < -0.39 is 66.4 Å². The molecule has 16 atom stereocenters. The summed E-state index contributed by atoms with van der Waals surface area (Å²) in [5.41, 5.74) is 1.10. The highest BCUT2D eigenvalue weighted by Gasteiger charge is 2.34. The summed E-state index contributed by atoms with van der Waals surface area (Å²) in [6.45, 7) is 17.7. The van der Waals surface area contributed by atoms with Gasteiger partial charge < -0.3 is 54.3 Å². The highest BCUT2D eigenvalue weighted by atomic mass is 16.6. The van der Waals surface area contributed by atoms with Crippen molar-refractivity contribution in [2.45, 2.75) is 175 Å². The molecule has 14 nitrogen and oxygen atoms in total. The molecule has 0 rings (SSSR count). The van der Waals surface area contributed by atoms with E-state index in [9.17, 15) is 40.2 Å². The fourth-order valence-electron chi connectivity index (χ4n) is 8.24. The summed E-state index contributed by atoms with van der Waals surface area (Å²) in [6, 6.07) is -0.613. The molecule has 0 aromatic heterocycles. The molecule has 0 bridgehead atoms. The summed E-state index contributed by atoms with van der Waals surface area (Å²) in [5.74, 6) is -2.20. The van der Waals surface area contributed by atoms with Gasteiger partial charge in [-0.1, -0.05) is 84.9 Å². The van der Waals surface area contributed by atoms with Gasteiger partial charge >= 0.3 is 11.9 Å². The lowest BCUT2D eigenvalue weighted by molar-refractivity contribution is -0.161. The van der Waals surface area contributed by atoms with Crippen LogP contribution in [0.2, 0.25) is 0 Å². The van der Waals surface area contributed by atoms with Crippen molar-refractivity contribution in [1.29, 1.82) is 0 Å². The first-order valence-electron chi connectivity index (χ1n) is 24.4. The minimum atomic E-state index is -0.779. The first kappa shape index (κ1) is 63.5. The molecule has 0 aromatic rings. The van der Waals surface area contributed by atoms with Crippen LogP contribution in [0.3, 0.4) is 0 Å². The standard InChI is InChI=1S/C52H95NO13/c1-15-65-48(57)23-18-16-17-22-47(66-52(61)43(33-62-12)53(10)11)41(9)51(60)37(5)27-29-46(64-14)35(3)25-24-34(2)32-42(63-13)20-19-21-44(55)39(7)49(58)36(4)26-28-45(56)40(8)50(59)38(6)30-31-54/h16-20,23,25,34,36-47,49-51,54-56,58-60H,15,21-22,24,26-33H2,1-14H3/b17-16+,20-19+,23-18+,35-25+/t34-,36+,37-,38-,39-,40+,41+,42+,43?,44+,45-,46+,47-,49+,50-,51-/m1/s1. The zero-order valence-corrected chi connectivity index (χ0v) is 43.3. The van der Waals surface area contributed by atoms with Crippen molar-refractivity contribution < 1.29 is 63.9 Å². The first-order chi connectivity index (χ1) is 31.1. The third-order valence-corrected chi connectivity index (χ3v) is 13.5. The van der Waals surface area contributed by atoms with Crippen LogP contribution in [-0.4, -0.2) is 158 Å². The van der Waals surface area contributed by atoms with Crippen molar-refractivity contribution >= 4 is 11.9 Å². The highest BCUT2D eigenvalue weighted by molar-refractivity contribution is 5.82. The van der Waals surface area contributed by atoms with Crippen LogP contribution in [0.15, 0.2) is 48.1 Å². The number of methoxy groups -OCH3 is 3. The molecular weight excluding hydrogens is 847 g/mol. The number of hydrogen-bond acceptors (Lipinski definition) is 14. The smallest absolute Gasteiger partial charge is 0.330 e. The second-order valence-corrected chi connectivity index (χ2v) is 19.2. The molecule has 0 fully saturated rings. The molecule has 0 aliphatic heterocycles. The largest absolute Gasteiger partial charge is 0.463 e. The Balaban J connectivity index is 5.37. The van der Waals surface area contributed by atoms with E-state index in [2.05, 4.69) is 19.9 Å². The first-order valence-corrected chi connectivity index (χ1v) is 24.4. The van der Waals surface area contributed by atoms with Crippen molar-refractivity contribution in [2.75, 3.05) is 55.2 Å². The zero-order valence-electron chi connectivity index (χ0n) is 43.3. The van der Waals surface area contributed by atoms with Crippen molar-refractivity contribution in [3.63, 3.8) is 0 Å². The maximum absolute atomic E-state index is 13.3. The normalized spacial score (nSPS) is 20.2. The molecule has 6 N–H and O–H groups in total. The van der Waals surface area contributed by atoms with E-state index in [1.54, 1.807) is 65.3 Å². The summed E-state index contributed by atoms with van der Waals surface area (Å²) in [4.78, 5) is 26.7. The van der Waals surface area contributed by atoms with Gasteiger partial charge in [0.1, 0.15) is 12.1 Å². The number of carbonyl (C=O) groups excluding carboxylic acids is 2. The van der Waals surface area contributed by atoms with Gasteiger partial charge in [0, 0.05) is 58.2 Å². The lowest BCUT2D eigenvalue weighted by atomic mass is 9.82.